The number of carbonyl (C=O) groups is 1. The molecule has 148 valence electrons. The van der Waals surface area contributed by atoms with Gasteiger partial charge in [0.1, 0.15) is 5.04 Å². The maximum absolute atomic E-state index is 12.7. The van der Waals surface area contributed by atoms with E-state index in [0.29, 0.717) is 16.6 Å². The summed E-state index contributed by atoms with van der Waals surface area (Å²) in [7, 11) is 0. The minimum atomic E-state index is -0.435. The number of carbonyl (C=O) groups excluding carboxylic acids is 1. The zero-order chi connectivity index (χ0) is 20.7. The summed E-state index contributed by atoms with van der Waals surface area (Å²) in [6.07, 6.45) is 4.24. The maximum atomic E-state index is 12.7. The Morgan fingerprint density at radius 1 is 1.13 bits per heavy atom. The number of hydrogen-bond acceptors (Lipinski definition) is 5. The van der Waals surface area contributed by atoms with Gasteiger partial charge in [0.15, 0.2) is 5.84 Å². The number of amides is 1. The van der Waals surface area contributed by atoms with Crippen molar-refractivity contribution < 1.29 is 4.79 Å². The molecule has 2 aliphatic heterocycles. The van der Waals surface area contributed by atoms with Crippen LogP contribution in [0.4, 0.5) is 0 Å². The molecule has 0 spiro atoms. The molecule has 1 amide bonds. The Balaban J connectivity index is 1.46. The maximum Gasteiger partial charge on any atom is 0.283 e. The highest BCUT2D eigenvalue weighted by Gasteiger charge is 2.35. The van der Waals surface area contributed by atoms with Gasteiger partial charge >= 0.3 is 0 Å². The lowest BCUT2D eigenvalue weighted by Gasteiger charge is -2.20. The number of hydrogen-bond donors (Lipinski definition) is 1. The number of rotatable bonds is 4. The second kappa shape index (κ2) is 7.71. The summed E-state index contributed by atoms with van der Waals surface area (Å²) in [6, 6.07) is 15.2. The summed E-state index contributed by atoms with van der Waals surface area (Å²) in [6.45, 7) is 0. The smallest absolute Gasteiger partial charge is 0.283 e. The van der Waals surface area contributed by atoms with Crippen molar-refractivity contribution in [1.29, 1.82) is 5.41 Å². The van der Waals surface area contributed by atoms with Crippen LogP contribution < -0.4 is 0 Å². The van der Waals surface area contributed by atoms with Gasteiger partial charge in [-0.15, -0.1) is 11.3 Å². The molecule has 3 aromatic rings. The Kier molecular flexibility index (Phi) is 4.90. The van der Waals surface area contributed by atoms with Crippen molar-refractivity contribution in [2.45, 2.75) is 6.42 Å². The van der Waals surface area contributed by atoms with E-state index < -0.39 is 5.91 Å². The first kappa shape index (κ1) is 19.0. The summed E-state index contributed by atoms with van der Waals surface area (Å²) < 4.78 is 1.92. The van der Waals surface area contributed by atoms with E-state index in [9.17, 15) is 4.79 Å². The molecule has 1 N–H and O–H groups in total. The highest BCUT2D eigenvalue weighted by Crippen LogP contribution is 2.30. The highest BCUT2D eigenvalue weighted by atomic mass is 35.5. The monoisotopic (exact) mass is 451 g/mol. The second-order valence-corrected chi connectivity index (χ2v) is 9.06. The van der Waals surface area contributed by atoms with Gasteiger partial charge in [0.05, 0.1) is 5.57 Å². The lowest BCUT2D eigenvalue weighted by atomic mass is 10.1. The molecule has 0 unspecified atom stereocenters. The molecule has 9 heteroatoms. The average Bonchev–Trinajstić information content (AvgIpc) is 3.47. The Bertz CT molecular complexity index is 1240. The molecule has 1 aromatic carbocycles. The van der Waals surface area contributed by atoms with Gasteiger partial charge in [-0.3, -0.25) is 10.2 Å². The summed E-state index contributed by atoms with van der Waals surface area (Å²) >= 11 is 8.98. The molecule has 2 aliphatic rings. The standard InChI is InChI=1S/C21H14ClN5OS2/c22-13-5-7-14(8-6-13)26-9-1-3-15(26)11-17-19(23)27-21(24-20(17)28)30-18(25-27)12-16-4-2-10-29-16/h1-11,23H,12H2/b17-11-,23-19?. The molecule has 0 saturated heterocycles. The van der Waals surface area contributed by atoms with Crippen LogP contribution in [0.2, 0.25) is 5.02 Å². The Morgan fingerprint density at radius 2 is 1.97 bits per heavy atom. The van der Waals surface area contributed by atoms with Crippen LogP contribution in [0.1, 0.15) is 10.6 Å². The number of aromatic nitrogens is 1. The fourth-order valence-corrected chi connectivity index (χ4v) is 5.00. The number of aliphatic imine (C=N–C) groups is 1. The molecular formula is C21H14ClN5OS2. The SMILES string of the molecule is N=C1/C(=C/c2cccn2-c2ccc(Cl)cc2)C(=O)N=C2SC(Cc3cccs3)=NN12. The Morgan fingerprint density at radius 3 is 2.73 bits per heavy atom. The zero-order valence-electron chi connectivity index (χ0n) is 15.4. The number of halogens is 1. The molecule has 6 nitrogen and oxygen atoms in total. The van der Waals surface area contributed by atoms with Crippen molar-refractivity contribution in [1.82, 2.24) is 9.58 Å². The van der Waals surface area contributed by atoms with Crippen LogP contribution in [0, 0.1) is 5.41 Å². The van der Waals surface area contributed by atoms with Gasteiger partial charge in [0, 0.05) is 33.9 Å². The minimum absolute atomic E-state index is 0.0301. The average molecular weight is 452 g/mol. The largest absolute Gasteiger partial charge is 0.317 e. The number of nitrogens with one attached hydrogen (secondary N) is 1. The number of benzene rings is 1. The van der Waals surface area contributed by atoms with Crippen LogP contribution in [0.15, 0.2) is 75.8 Å². The molecule has 0 saturated carbocycles. The second-order valence-electron chi connectivity index (χ2n) is 6.55. The van der Waals surface area contributed by atoms with Crippen molar-refractivity contribution in [2.75, 3.05) is 0 Å². The van der Waals surface area contributed by atoms with Crippen LogP contribution in [-0.4, -0.2) is 31.5 Å². The first-order valence-corrected chi connectivity index (χ1v) is 11.1. The topological polar surface area (TPSA) is 73.8 Å². The molecule has 0 bridgehead atoms. The van der Waals surface area contributed by atoms with E-state index >= 15 is 0 Å². The Labute approximate surface area is 185 Å². The van der Waals surface area contributed by atoms with E-state index in [2.05, 4.69) is 10.1 Å². The highest BCUT2D eigenvalue weighted by molar-refractivity contribution is 8.27. The molecular weight excluding hydrogens is 438 g/mol. The molecule has 0 aliphatic carbocycles. The van der Waals surface area contributed by atoms with Crippen LogP contribution in [0.25, 0.3) is 11.8 Å². The molecule has 0 fully saturated rings. The van der Waals surface area contributed by atoms with E-state index in [1.54, 1.807) is 17.4 Å². The van der Waals surface area contributed by atoms with Gasteiger partial charge in [-0.2, -0.15) is 15.1 Å². The first-order valence-electron chi connectivity index (χ1n) is 9.03. The van der Waals surface area contributed by atoms with Gasteiger partial charge in [-0.1, -0.05) is 17.7 Å². The number of thioether (sulfide) groups is 1. The summed E-state index contributed by atoms with van der Waals surface area (Å²) in [5.74, 6) is -0.405. The van der Waals surface area contributed by atoms with Crippen molar-refractivity contribution in [3.05, 3.63) is 81.3 Å². The Hall–Kier alpha value is -2.94. The quantitative estimate of drug-likeness (QED) is 0.564. The van der Waals surface area contributed by atoms with Crippen molar-refractivity contribution in [2.24, 2.45) is 10.1 Å². The summed E-state index contributed by atoms with van der Waals surface area (Å²) in [5, 5.41) is 18.4. The summed E-state index contributed by atoms with van der Waals surface area (Å²) in [5.41, 5.74) is 1.87. The minimum Gasteiger partial charge on any atom is -0.317 e. The summed E-state index contributed by atoms with van der Waals surface area (Å²) in [4.78, 5) is 18.0. The predicted molar refractivity (Wildman–Crippen MR) is 124 cm³/mol. The molecule has 4 heterocycles. The number of fused-ring (bicyclic) bond motifs is 1. The molecule has 0 atom stereocenters. The lowest BCUT2D eigenvalue weighted by molar-refractivity contribution is -0.114. The third-order valence-electron chi connectivity index (χ3n) is 4.58. The normalized spacial score (nSPS) is 17.4. The third kappa shape index (κ3) is 3.54. The van der Waals surface area contributed by atoms with E-state index in [-0.39, 0.29) is 11.4 Å². The fourth-order valence-electron chi connectivity index (χ4n) is 3.16. The fraction of sp³-hybridized carbons (Fsp3) is 0.0476. The third-order valence-corrected chi connectivity index (χ3v) is 6.62. The van der Waals surface area contributed by atoms with Gasteiger partial charge in [-0.05, 0) is 65.7 Å². The molecule has 5 rings (SSSR count). The van der Waals surface area contributed by atoms with Crippen LogP contribution in [-0.2, 0) is 11.2 Å². The lowest BCUT2D eigenvalue weighted by Crippen LogP contribution is -2.35. The van der Waals surface area contributed by atoms with Crippen LogP contribution in [0.3, 0.4) is 0 Å². The van der Waals surface area contributed by atoms with Gasteiger partial charge in [0.2, 0.25) is 5.17 Å². The number of hydrazone groups is 1. The first-order chi connectivity index (χ1) is 14.6. The number of thiophene rings is 1. The van der Waals surface area contributed by atoms with Crippen LogP contribution in [0.5, 0.6) is 0 Å². The van der Waals surface area contributed by atoms with Gasteiger partial charge in [-0.25, -0.2) is 0 Å². The molecule has 30 heavy (non-hydrogen) atoms. The molecule has 0 radical (unpaired) electrons. The van der Waals surface area contributed by atoms with Crippen molar-refractivity contribution >= 4 is 62.7 Å². The van der Waals surface area contributed by atoms with E-state index in [0.717, 1.165) is 16.4 Å². The van der Waals surface area contributed by atoms with Crippen LogP contribution >= 0.6 is 34.7 Å². The van der Waals surface area contributed by atoms with Gasteiger partial charge in [0.25, 0.3) is 5.91 Å². The van der Waals surface area contributed by atoms with Gasteiger partial charge < -0.3 is 4.57 Å². The van der Waals surface area contributed by atoms with E-state index in [1.165, 1.54) is 21.6 Å². The molecule has 2 aromatic heterocycles. The number of amidine groups is 2. The zero-order valence-corrected chi connectivity index (χ0v) is 17.8. The number of nitrogens with zero attached hydrogens (tertiary/aromatic N) is 4. The predicted octanol–water partition coefficient (Wildman–Crippen LogP) is 5.05. The van der Waals surface area contributed by atoms with Crippen molar-refractivity contribution in [3.63, 3.8) is 0 Å². The van der Waals surface area contributed by atoms with Crippen molar-refractivity contribution in [3.8, 4) is 5.69 Å². The van der Waals surface area contributed by atoms with E-state index in [1.807, 2.05) is 64.7 Å². The van der Waals surface area contributed by atoms with E-state index in [4.69, 9.17) is 17.0 Å².